The van der Waals surface area contributed by atoms with Crippen molar-refractivity contribution in [3.05, 3.63) is 0 Å². The van der Waals surface area contributed by atoms with Crippen LogP contribution in [0.25, 0.3) is 0 Å². The van der Waals surface area contributed by atoms with E-state index in [-0.39, 0.29) is 11.2 Å². The molecule has 0 saturated heterocycles. The molecule has 0 heterocycles. The summed E-state index contributed by atoms with van der Waals surface area (Å²) in [5.74, 6) is 1.21. The Labute approximate surface area is 103 Å². The highest BCUT2D eigenvalue weighted by Gasteiger charge is 2.48. The summed E-state index contributed by atoms with van der Waals surface area (Å²) in [5.41, 5.74) is -0.981. The predicted octanol–water partition coefficient (Wildman–Crippen LogP) is 3.42. The van der Waals surface area contributed by atoms with Gasteiger partial charge in [0.2, 0.25) is 0 Å². The molecule has 1 atom stereocenters. The number of carbonyl (C=O) groups is 1. The van der Waals surface area contributed by atoms with Gasteiger partial charge in [0.15, 0.2) is 5.78 Å². The van der Waals surface area contributed by atoms with Crippen molar-refractivity contribution in [3.8, 4) is 6.07 Å². The third kappa shape index (κ3) is 2.60. The van der Waals surface area contributed by atoms with Gasteiger partial charge < -0.3 is 0 Å². The molecule has 0 aromatic rings. The summed E-state index contributed by atoms with van der Waals surface area (Å²) in [6, 6.07) is 2.32. The number of hydrogen-bond acceptors (Lipinski definition) is 3. The number of carbonyl (C=O) groups excluding carboxylic acids is 1. The van der Waals surface area contributed by atoms with Gasteiger partial charge in [0.25, 0.3) is 0 Å². The van der Waals surface area contributed by atoms with Crippen LogP contribution in [0.5, 0.6) is 0 Å². The van der Waals surface area contributed by atoms with E-state index in [4.69, 9.17) is 0 Å². The molecule has 1 rings (SSSR count). The normalized spacial score (nSPS) is 28.8. The molecule has 1 unspecified atom stereocenters. The van der Waals surface area contributed by atoms with Crippen LogP contribution in [0.1, 0.15) is 46.0 Å². The SMILES string of the molecule is CSCCCC1(C#N)CCCC(C)(C)C1=O. The van der Waals surface area contributed by atoms with Crippen molar-refractivity contribution in [1.82, 2.24) is 0 Å². The minimum Gasteiger partial charge on any atom is -0.297 e. The van der Waals surface area contributed by atoms with Gasteiger partial charge in [-0.1, -0.05) is 20.3 Å². The Kier molecular flexibility index (Phi) is 4.43. The lowest BCUT2D eigenvalue weighted by atomic mass is 9.61. The Morgan fingerprint density at radius 3 is 2.69 bits per heavy atom. The van der Waals surface area contributed by atoms with Crippen molar-refractivity contribution >= 4 is 17.5 Å². The van der Waals surface area contributed by atoms with E-state index in [2.05, 4.69) is 12.3 Å². The van der Waals surface area contributed by atoms with E-state index in [0.717, 1.165) is 37.9 Å². The van der Waals surface area contributed by atoms with Crippen LogP contribution >= 0.6 is 11.8 Å². The fraction of sp³-hybridized carbons (Fsp3) is 0.846. The minimum absolute atomic E-state index is 0.176. The summed E-state index contributed by atoms with van der Waals surface area (Å²) >= 11 is 1.78. The second-order valence-corrected chi connectivity index (χ2v) is 6.34. The van der Waals surface area contributed by atoms with Crippen LogP contribution in [0.4, 0.5) is 0 Å². The number of rotatable bonds is 4. The van der Waals surface area contributed by atoms with Crippen LogP contribution in [0, 0.1) is 22.2 Å². The number of thioether (sulfide) groups is 1. The molecule has 1 aliphatic rings. The van der Waals surface area contributed by atoms with E-state index in [1.54, 1.807) is 11.8 Å². The lowest BCUT2D eigenvalue weighted by Gasteiger charge is -2.39. The Bertz CT molecular complexity index is 306. The zero-order chi connectivity index (χ0) is 12.2. The van der Waals surface area contributed by atoms with E-state index < -0.39 is 5.41 Å². The highest BCUT2D eigenvalue weighted by Crippen LogP contribution is 2.45. The van der Waals surface area contributed by atoms with Gasteiger partial charge in [-0.15, -0.1) is 0 Å². The van der Waals surface area contributed by atoms with Crippen LogP contribution in [0.15, 0.2) is 0 Å². The molecule has 0 amide bonds. The summed E-state index contributed by atoms with van der Waals surface area (Å²) in [4.78, 5) is 12.4. The Hall–Kier alpha value is -0.490. The maximum Gasteiger partial charge on any atom is 0.158 e. The van der Waals surface area contributed by atoms with E-state index in [0.29, 0.717) is 0 Å². The van der Waals surface area contributed by atoms with E-state index in [9.17, 15) is 10.1 Å². The molecule has 1 saturated carbocycles. The first-order valence-corrected chi connectivity index (χ1v) is 7.33. The highest BCUT2D eigenvalue weighted by atomic mass is 32.2. The molecule has 90 valence electrons. The molecule has 3 heteroatoms. The number of Topliss-reactive ketones (excluding diaryl/α,β-unsaturated/α-hetero) is 1. The van der Waals surface area contributed by atoms with Crippen molar-refractivity contribution in [2.75, 3.05) is 12.0 Å². The van der Waals surface area contributed by atoms with E-state index >= 15 is 0 Å². The largest absolute Gasteiger partial charge is 0.297 e. The quantitative estimate of drug-likeness (QED) is 0.706. The number of ketones is 1. The summed E-state index contributed by atoms with van der Waals surface area (Å²) < 4.78 is 0. The van der Waals surface area contributed by atoms with Gasteiger partial charge in [0.1, 0.15) is 5.41 Å². The molecule has 0 spiro atoms. The molecule has 0 radical (unpaired) electrons. The summed E-state index contributed by atoms with van der Waals surface area (Å²) in [7, 11) is 0. The van der Waals surface area contributed by atoms with Crippen LogP contribution < -0.4 is 0 Å². The van der Waals surface area contributed by atoms with Gasteiger partial charge in [-0.2, -0.15) is 17.0 Å². The van der Waals surface area contributed by atoms with Crippen LogP contribution in [0.3, 0.4) is 0 Å². The lowest BCUT2D eigenvalue weighted by molar-refractivity contribution is -0.138. The maximum absolute atomic E-state index is 12.4. The topological polar surface area (TPSA) is 40.9 Å². The molecule has 2 nitrogen and oxygen atoms in total. The first kappa shape index (κ1) is 13.6. The van der Waals surface area contributed by atoms with E-state index in [1.807, 2.05) is 13.8 Å². The average molecular weight is 239 g/mol. The fourth-order valence-corrected chi connectivity index (χ4v) is 3.06. The third-order valence-electron chi connectivity index (χ3n) is 3.62. The Balaban J connectivity index is 2.78. The van der Waals surface area contributed by atoms with Crippen LogP contribution in [-0.4, -0.2) is 17.8 Å². The molecule has 0 aromatic heterocycles. The van der Waals surface area contributed by atoms with Gasteiger partial charge >= 0.3 is 0 Å². The van der Waals surface area contributed by atoms with Crippen molar-refractivity contribution in [3.63, 3.8) is 0 Å². The van der Waals surface area contributed by atoms with Crippen molar-refractivity contribution < 1.29 is 4.79 Å². The molecular formula is C13H21NOS. The second-order valence-electron chi connectivity index (χ2n) is 5.36. The van der Waals surface area contributed by atoms with Gasteiger partial charge in [-0.05, 0) is 37.7 Å². The standard InChI is InChI=1S/C13H21NOS/c1-12(2)6-4-7-13(10-14,11(12)15)8-5-9-16-3/h4-9H2,1-3H3. The first-order valence-electron chi connectivity index (χ1n) is 5.94. The number of hydrogen-bond donors (Lipinski definition) is 0. The predicted molar refractivity (Wildman–Crippen MR) is 68.3 cm³/mol. The van der Waals surface area contributed by atoms with Gasteiger partial charge in [-0.3, -0.25) is 4.79 Å². The van der Waals surface area contributed by atoms with Gasteiger partial charge in [0, 0.05) is 5.41 Å². The maximum atomic E-state index is 12.4. The zero-order valence-electron chi connectivity index (χ0n) is 10.5. The Morgan fingerprint density at radius 2 is 2.12 bits per heavy atom. The smallest absolute Gasteiger partial charge is 0.158 e. The molecule has 0 bridgehead atoms. The third-order valence-corrected chi connectivity index (χ3v) is 4.32. The van der Waals surface area contributed by atoms with E-state index in [1.165, 1.54) is 0 Å². The van der Waals surface area contributed by atoms with Crippen molar-refractivity contribution in [2.24, 2.45) is 10.8 Å². The minimum atomic E-state index is -0.683. The zero-order valence-corrected chi connectivity index (χ0v) is 11.3. The first-order chi connectivity index (χ1) is 7.48. The summed E-state index contributed by atoms with van der Waals surface area (Å²) in [6.07, 6.45) is 6.47. The lowest BCUT2D eigenvalue weighted by Crippen LogP contribution is -2.43. The van der Waals surface area contributed by atoms with Crippen molar-refractivity contribution in [1.29, 1.82) is 5.26 Å². The van der Waals surface area contributed by atoms with Gasteiger partial charge in [0.05, 0.1) is 6.07 Å². The molecule has 16 heavy (non-hydrogen) atoms. The van der Waals surface area contributed by atoms with Crippen molar-refractivity contribution in [2.45, 2.75) is 46.0 Å². The second kappa shape index (κ2) is 5.23. The molecule has 0 aliphatic heterocycles. The van der Waals surface area contributed by atoms with Crippen LogP contribution in [-0.2, 0) is 4.79 Å². The molecule has 1 aliphatic carbocycles. The number of nitrogens with zero attached hydrogens (tertiary/aromatic N) is 1. The molecule has 0 aromatic carbocycles. The summed E-state index contributed by atoms with van der Waals surface area (Å²) in [5, 5.41) is 9.37. The fourth-order valence-electron chi connectivity index (χ4n) is 2.63. The molecule has 0 N–H and O–H groups in total. The Morgan fingerprint density at radius 1 is 1.44 bits per heavy atom. The average Bonchev–Trinajstić information content (AvgIpc) is 2.25. The highest BCUT2D eigenvalue weighted by molar-refractivity contribution is 7.98. The molecule has 1 fully saturated rings. The number of nitriles is 1. The molecular weight excluding hydrogens is 218 g/mol. The summed E-state index contributed by atoms with van der Waals surface area (Å²) in [6.45, 7) is 3.96. The monoisotopic (exact) mass is 239 g/mol. The van der Waals surface area contributed by atoms with Crippen LogP contribution in [0.2, 0.25) is 0 Å². The van der Waals surface area contributed by atoms with Gasteiger partial charge in [-0.25, -0.2) is 0 Å².